The molecule has 1 amide bonds. The SMILES string of the molecule is CC(C)(C)OC(=O)N1CCC(O)CC1.Clc1ccc2[nH]c3ccc(Cl)cc3c2c1. The molecule has 2 N–H and O–H groups in total. The zero-order valence-corrected chi connectivity index (χ0v) is 18.3. The molecule has 0 unspecified atom stereocenters. The predicted molar refractivity (Wildman–Crippen MR) is 119 cm³/mol. The second kappa shape index (κ2) is 8.82. The highest BCUT2D eigenvalue weighted by molar-refractivity contribution is 6.33. The van der Waals surface area contributed by atoms with Crippen LogP contribution in [0.25, 0.3) is 21.8 Å². The Hall–Kier alpha value is -1.95. The van der Waals surface area contributed by atoms with Crippen LogP contribution in [0.1, 0.15) is 33.6 Å². The maximum atomic E-state index is 11.5. The number of likely N-dealkylation sites (tertiary alicyclic amines) is 1. The quantitative estimate of drug-likeness (QED) is 0.453. The number of amides is 1. The van der Waals surface area contributed by atoms with Crippen LogP contribution >= 0.6 is 23.2 Å². The molecule has 3 aromatic rings. The van der Waals surface area contributed by atoms with Crippen LogP contribution in [0.3, 0.4) is 0 Å². The predicted octanol–water partition coefficient (Wildman–Crippen LogP) is 6.01. The van der Waals surface area contributed by atoms with Crippen LogP contribution in [-0.2, 0) is 4.74 Å². The van der Waals surface area contributed by atoms with Crippen molar-refractivity contribution in [3.05, 3.63) is 46.4 Å². The highest BCUT2D eigenvalue weighted by Gasteiger charge is 2.25. The fourth-order valence-electron chi connectivity index (χ4n) is 3.22. The summed E-state index contributed by atoms with van der Waals surface area (Å²) in [5, 5.41) is 13.0. The van der Waals surface area contributed by atoms with Gasteiger partial charge in [-0.1, -0.05) is 23.2 Å². The first-order valence-corrected chi connectivity index (χ1v) is 10.4. The summed E-state index contributed by atoms with van der Waals surface area (Å²) in [5.41, 5.74) is 1.72. The van der Waals surface area contributed by atoms with Crippen molar-refractivity contribution in [3.8, 4) is 0 Å². The van der Waals surface area contributed by atoms with E-state index in [0.717, 1.165) is 31.9 Å². The summed E-state index contributed by atoms with van der Waals surface area (Å²) in [5.74, 6) is 0. The van der Waals surface area contributed by atoms with E-state index in [0.29, 0.717) is 25.9 Å². The molecule has 0 saturated carbocycles. The Morgan fingerprint density at radius 2 is 1.52 bits per heavy atom. The number of carbonyl (C=O) groups excluding carboxylic acids is 1. The molecule has 0 radical (unpaired) electrons. The lowest BCUT2D eigenvalue weighted by Gasteiger charge is -2.31. The molecular formula is C22H26Cl2N2O3. The fourth-order valence-corrected chi connectivity index (χ4v) is 3.56. The van der Waals surface area contributed by atoms with E-state index in [1.165, 1.54) is 0 Å². The Kier molecular flexibility index (Phi) is 6.62. The Labute approximate surface area is 180 Å². The van der Waals surface area contributed by atoms with Crippen molar-refractivity contribution >= 4 is 51.1 Å². The molecule has 2 heterocycles. The van der Waals surface area contributed by atoms with E-state index in [1.807, 2.05) is 57.2 Å². The van der Waals surface area contributed by atoms with Crippen LogP contribution in [0, 0.1) is 0 Å². The summed E-state index contributed by atoms with van der Waals surface area (Å²) < 4.78 is 5.22. The van der Waals surface area contributed by atoms with Gasteiger partial charge in [0.25, 0.3) is 0 Å². The zero-order valence-electron chi connectivity index (χ0n) is 16.8. The van der Waals surface area contributed by atoms with E-state index in [9.17, 15) is 9.90 Å². The standard InChI is InChI=1S/C12H7Cl2N.C10H19NO3/c13-7-1-3-11-9(5-7)10-6-8(14)2-4-12(10)15-11;1-10(2,3)14-9(13)11-6-4-8(12)5-7-11/h1-6,15H;8,12H,4-7H2,1-3H3. The van der Waals surface area contributed by atoms with Crippen LogP contribution in [-0.4, -0.2) is 45.9 Å². The van der Waals surface area contributed by atoms with Gasteiger partial charge in [-0.2, -0.15) is 0 Å². The van der Waals surface area contributed by atoms with Gasteiger partial charge < -0.3 is 19.7 Å². The number of aliphatic hydroxyl groups is 1. The number of aliphatic hydroxyl groups excluding tert-OH is 1. The van der Waals surface area contributed by atoms with Crippen molar-refractivity contribution in [2.45, 2.75) is 45.3 Å². The van der Waals surface area contributed by atoms with Gasteiger partial charge in [-0.05, 0) is 70.0 Å². The molecule has 0 spiro atoms. The molecule has 156 valence electrons. The minimum Gasteiger partial charge on any atom is -0.444 e. The summed E-state index contributed by atoms with van der Waals surface area (Å²) in [7, 11) is 0. The maximum absolute atomic E-state index is 11.5. The van der Waals surface area contributed by atoms with Gasteiger partial charge >= 0.3 is 6.09 Å². The number of H-pyrrole nitrogens is 1. The number of benzene rings is 2. The van der Waals surface area contributed by atoms with Gasteiger partial charge in [0.15, 0.2) is 0 Å². The normalized spacial score (nSPS) is 15.3. The van der Waals surface area contributed by atoms with Crippen LogP contribution in [0.15, 0.2) is 36.4 Å². The van der Waals surface area contributed by atoms with Crippen molar-refractivity contribution in [2.75, 3.05) is 13.1 Å². The van der Waals surface area contributed by atoms with Gasteiger partial charge in [0.2, 0.25) is 0 Å². The Balaban J connectivity index is 0.000000166. The molecule has 0 bridgehead atoms. The van der Waals surface area contributed by atoms with Crippen molar-refractivity contribution in [1.82, 2.24) is 9.88 Å². The molecule has 0 atom stereocenters. The Morgan fingerprint density at radius 1 is 1.03 bits per heavy atom. The molecule has 2 aromatic carbocycles. The molecule has 1 aliphatic heterocycles. The molecule has 0 aliphatic carbocycles. The van der Waals surface area contributed by atoms with E-state index in [1.54, 1.807) is 4.90 Å². The number of aromatic amines is 1. The fraction of sp³-hybridized carbons (Fsp3) is 0.409. The van der Waals surface area contributed by atoms with Gasteiger partial charge in [-0.25, -0.2) is 4.79 Å². The number of nitrogens with one attached hydrogen (secondary N) is 1. The van der Waals surface area contributed by atoms with Crippen molar-refractivity contribution in [3.63, 3.8) is 0 Å². The minimum absolute atomic E-state index is 0.256. The molecule has 29 heavy (non-hydrogen) atoms. The number of fused-ring (bicyclic) bond motifs is 3. The number of rotatable bonds is 0. The third kappa shape index (κ3) is 5.78. The molecular weight excluding hydrogens is 411 g/mol. The molecule has 1 saturated heterocycles. The molecule has 4 rings (SSSR count). The lowest BCUT2D eigenvalue weighted by molar-refractivity contribution is 0.0101. The summed E-state index contributed by atoms with van der Waals surface area (Å²) >= 11 is 11.9. The van der Waals surface area contributed by atoms with E-state index >= 15 is 0 Å². The molecule has 1 aliphatic rings. The highest BCUT2D eigenvalue weighted by Crippen LogP contribution is 2.29. The van der Waals surface area contributed by atoms with Crippen LogP contribution in [0.2, 0.25) is 10.0 Å². The molecule has 5 nitrogen and oxygen atoms in total. The first-order valence-electron chi connectivity index (χ1n) is 9.65. The third-order valence-corrected chi connectivity index (χ3v) is 5.11. The van der Waals surface area contributed by atoms with E-state index in [4.69, 9.17) is 27.9 Å². The third-order valence-electron chi connectivity index (χ3n) is 4.64. The summed E-state index contributed by atoms with van der Waals surface area (Å²) in [6.07, 6.45) is 0.775. The zero-order chi connectivity index (χ0) is 21.2. The monoisotopic (exact) mass is 436 g/mol. The Bertz CT molecular complexity index is 946. The summed E-state index contributed by atoms with van der Waals surface area (Å²) in [4.78, 5) is 16.5. The van der Waals surface area contributed by atoms with Gasteiger partial charge in [0, 0.05) is 44.9 Å². The smallest absolute Gasteiger partial charge is 0.410 e. The van der Waals surface area contributed by atoms with Gasteiger partial charge in [0.05, 0.1) is 6.10 Å². The molecule has 1 fully saturated rings. The first-order chi connectivity index (χ1) is 13.6. The molecule has 7 heteroatoms. The maximum Gasteiger partial charge on any atom is 0.410 e. The average molecular weight is 437 g/mol. The number of nitrogens with zero attached hydrogens (tertiary/aromatic N) is 1. The summed E-state index contributed by atoms with van der Waals surface area (Å²) in [6, 6.07) is 11.6. The Morgan fingerprint density at radius 3 is 1.97 bits per heavy atom. The van der Waals surface area contributed by atoms with E-state index in [-0.39, 0.29) is 12.2 Å². The van der Waals surface area contributed by atoms with Crippen LogP contribution in [0.4, 0.5) is 4.79 Å². The minimum atomic E-state index is -0.437. The second-order valence-corrected chi connectivity index (χ2v) is 9.08. The molecule has 1 aromatic heterocycles. The number of piperidine rings is 1. The number of halogens is 2. The largest absolute Gasteiger partial charge is 0.444 e. The number of hydrogen-bond donors (Lipinski definition) is 2. The van der Waals surface area contributed by atoms with Crippen molar-refractivity contribution in [1.29, 1.82) is 0 Å². The van der Waals surface area contributed by atoms with Crippen molar-refractivity contribution < 1.29 is 14.6 Å². The van der Waals surface area contributed by atoms with Crippen LogP contribution < -0.4 is 0 Å². The number of ether oxygens (including phenoxy) is 1. The van der Waals surface area contributed by atoms with Gasteiger partial charge in [-0.15, -0.1) is 0 Å². The van der Waals surface area contributed by atoms with Gasteiger partial charge in [-0.3, -0.25) is 0 Å². The topological polar surface area (TPSA) is 65.6 Å². The highest BCUT2D eigenvalue weighted by atomic mass is 35.5. The lowest BCUT2D eigenvalue weighted by Crippen LogP contribution is -2.42. The van der Waals surface area contributed by atoms with Crippen molar-refractivity contribution in [2.24, 2.45) is 0 Å². The van der Waals surface area contributed by atoms with E-state index in [2.05, 4.69) is 4.98 Å². The number of hydrogen-bond acceptors (Lipinski definition) is 3. The lowest BCUT2D eigenvalue weighted by atomic mass is 10.1. The first kappa shape index (κ1) is 21.8. The number of aromatic nitrogens is 1. The second-order valence-electron chi connectivity index (χ2n) is 8.20. The van der Waals surface area contributed by atoms with Crippen LogP contribution in [0.5, 0.6) is 0 Å². The summed E-state index contributed by atoms with van der Waals surface area (Å²) in [6.45, 7) is 6.74. The number of carbonyl (C=O) groups is 1. The van der Waals surface area contributed by atoms with Gasteiger partial charge in [0.1, 0.15) is 5.60 Å². The average Bonchev–Trinajstić information content (AvgIpc) is 2.98. The van der Waals surface area contributed by atoms with E-state index < -0.39 is 5.60 Å².